The average Bonchev–Trinajstić information content (AvgIpc) is 2.97. The van der Waals surface area contributed by atoms with Gasteiger partial charge in [-0.2, -0.15) is 0 Å². The number of hydrogen-bond acceptors (Lipinski definition) is 4. The van der Waals surface area contributed by atoms with Crippen LogP contribution in [-0.4, -0.2) is 18.4 Å². The third kappa shape index (κ3) is 5.18. The first-order valence-corrected chi connectivity index (χ1v) is 7.94. The summed E-state index contributed by atoms with van der Waals surface area (Å²) in [5.41, 5.74) is 5.03. The molecule has 0 fully saturated rings. The van der Waals surface area contributed by atoms with Crippen molar-refractivity contribution in [1.82, 2.24) is 10.9 Å². The minimum Gasteiger partial charge on any atom is -0.492 e. The molecule has 0 radical (unpaired) electrons. The molecule has 24 heavy (non-hydrogen) atoms. The van der Waals surface area contributed by atoms with Gasteiger partial charge in [-0.05, 0) is 37.6 Å². The van der Waals surface area contributed by atoms with Gasteiger partial charge in [-0.3, -0.25) is 20.4 Å². The summed E-state index contributed by atoms with van der Waals surface area (Å²) in [4.78, 5) is 23.5. The second-order valence-corrected chi connectivity index (χ2v) is 5.76. The van der Waals surface area contributed by atoms with Crippen LogP contribution < -0.4 is 15.6 Å². The van der Waals surface area contributed by atoms with E-state index in [0.29, 0.717) is 40.1 Å². The van der Waals surface area contributed by atoms with E-state index in [9.17, 15) is 9.59 Å². The lowest BCUT2D eigenvalue weighted by Crippen LogP contribution is -2.41. The van der Waals surface area contributed by atoms with Crippen molar-refractivity contribution in [3.63, 3.8) is 0 Å². The highest BCUT2D eigenvalue weighted by Crippen LogP contribution is 2.27. The van der Waals surface area contributed by atoms with Gasteiger partial charge in [0, 0.05) is 11.4 Å². The molecule has 0 aliphatic carbocycles. The Kier molecular flexibility index (Phi) is 6.52. The molecule has 0 aliphatic heterocycles. The molecule has 1 aromatic carbocycles. The molecule has 2 N–H and O–H groups in total. The Bertz CT molecular complexity index is 731. The minimum absolute atomic E-state index is 0.190. The largest absolute Gasteiger partial charge is 0.492 e. The number of aryl methyl sites for hydroxylation is 1. The Balaban J connectivity index is 1.66. The summed E-state index contributed by atoms with van der Waals surface area (Å²) in [5, 5.41) is 0.935. The second kappa shape index (κ2) is 8.61. The zero-order valence-corrected chi connectivity index (χ0v) is 14.4. The van der Waals surface area contributed by atoms with Crippen LogP contribution in [0.2, 0.25) is 10.0 Å². The van der Waals surface area contributed by atoms with Crippen LogP contribution >= 0.6 is 23.2 Å². The topological polar surface area (TPSA) is 80.6 Å². The van der Waals surface area contributed by atoms with E-state index < -0.39 is 5.91 Å². The van der Waals surface area contributed by atoms with Crippen molar-refractivity contribution in [3.8, 4) is 5.75 Å². The van der Waals surface area contributed by atoms with Crippen LogP contribution in [0.5, 0.6) is 5.75 Å². The third-order valence-corrected chi connectivity index (χ3v) is 3.65. The molecule has 0 saturated carbocycles. The molecule has 0 unspecified atom stereocenters. The van der Waals surface area contributed by atoms with Gasteiger partial charge in [-0.1, -0.05) is 23.2 Å². The Hall–Kier alpha value is -2.18. The van der Waals surface area contributed by atoms with E-state index >= 15 is 0 Å². The van der Waals surface area contributed by atoms with Crippen molar-refractivity contribution in [2.24, 2.45) is 0 Å². The van der Waals surface area contributed by atoms with Crippen molar-refractivity contribution in [2.45, 2.75) is 19.8 Å². The number of rotatable bonds is 6. The summed E-state index contributed by atoms with van der Waals surface area (Å²) in [7, 11) is 0. The van der Waals surface area contributed by atoms with Gasteiger partial charge >= 0.3 is 0 Å². The number of furan rings is 1. The molecule has 0 aliphatic rings. The van der Waals surface area contributed by atoms with Crippen LogP contribution in [0.25, 0.3) is 0 Å². The van der Waals surface area contributed by atoms with Crippen LogP contribution in [0.4, 0.5) is 0 Å². The van der Waals surface area contributed by atoms with Gasteiger partial charge < -0.3 is 9.15 Å². The Morgan fingerprint density at radius 2 is 2.00 bits per heavy atom. The quantitative estimate of drug-likeness (QED) is 0.602. The van der Waals surface area contributed by atoms with Crippen LogP contribution in [0.1, 0.15) is 29.0 Å². The van der Waals surface area contributed by atoms with E-state index in [1.807, 2.05) is 0 Å². The van der Waals surface area contributed by atoms with Gasteiger partial charge in [0.05, 0.1) is 23.5 Å². The molecule has 8 heteroatoms. The van der Waals surface area contributed by atoms with E-state index in [1.54, 1.807) is 25.1 Å². The molecule has 1 heterocycles. The molecule has 0 saturated heterocycles. The van der Waals surface area contributed by atoms with E-state index in [-0.39, 0.29) is 12.3 Å². The molecule has 1 aromatic heterocycles. The van der Waals surface area contributed by atoms with Crippen LogP contribution in [0.15, 0.2) is 34.9 Å². The lowest BCUT2D eigenvalue weighted by atomic mass is 10.2. The monoisotopic (exact) mass is 370 g/mol. The normalized spacial score (nSPS) is 10.3. The van der Waals surface area contributed by atoms with Gasteiger partial charge in [-0.25, -0.2) is 0 Å². The molecule has 2 rings (SSSR count). The first kappa shape index (κ1) is 18.2. The summed E-state index contributed by atoms with van der Waals surface area (Å²) in [6.07, 6.45) is 2.06. The number of ether oxygens (including phenoxy) is 1. The number of hydrazine groups is 1. The Morgan fingerprint density at radius 1 is 1.21 bits per heavy atom. The zero-order valence-electron chi connectivity index (χ0n) is 12.9. The van der Waals surface area contributed by atoms with Gasteiger partial charge in [0.1, 0.15) is 11.5 Å². The number of carbonyl (C=O) groups is 2. The molecule has 2 amide bonds. The van der Waals surface area contributed by atoms with Crippen LogP contribution in [0.3, 0.4) is 0 Å². The van der Waals surface area contributed by atoms with Gasteiger partial charge in [0.25, 0.3) is 5.91 Å². The van der Waals surface area contributed by atoms with Gasteiger partial charge in [-0.15, -0.1) is 0 Å². The number of benzene rings is 1. The standard InChI is InChI=1S/C16H16Cl2N2O4/c1-10-12(6-8-23-10)16(22)20-19-15(21)3-2-7-24-14-5-4-11(17)9-13(14)18/h4-6,8-9H,2-3,7H2,1H3,(H,19,21)(H,20,22). The fraction of sp³-hybridized carbons (Fsp3) is 0.250. The summed E-state index contributed by atoms with van der Waals surface area (Å²) in [5.74, 6) is 0.231. The SMILES string of the molecule is Cc1occc1C(=O)NNC(=O)CCCOc1ccc(Cl)cc1Cl. The molecular weight excluding hydrogens is 355 g/mol. The molecule has 0 atom stereocenters. The number of amides is 2. The van der Waals surface area contributed by atoms with Gasteiger partial charge in [0.15, 0.2) is 0 Å². The lowest BCUT2D eigenvalue weighted by Gasteiger charge is -2.09. The molecule has 0 bridgehead atoms. The van der Waals surface area contributed by atoms with E-state index in [4.69, 9.17) is 32.4 Å². The fourth-order valence-electron chi connectivity index (χ4n) is 1.88. The maximum Gasteiger partial charge on any atom is 0.273 e. The van der Waals surface area contributed by atoms with Crippen molar-refractivity contribution < 1.29 is 18.7 Å². The summed E-state index contributed by atoms with van der Waals surface area (Å²) < 4.78 is 10.5. The highest BCUT2D eigenvalue weighted by Gasteiger charge is 2.12. The summed E-state index contributed by atoms with van der Waals surface area (Å²) >= 11 is 11.8. The first-order valence-electron chi connectivity index (χ1n) is 7.18. The molecule has 6 nitrogen and oxygen atoms in total. The van der Waals surface area contributed by atoms with Gasteiger partial charge in [0.2, 0.25) is 5.91 Å². The smallest absolute Gasteiger partial charge is 0.273 e. The first-order chi connectivity index (χ1) is 11.5. The number of hydrogen-bond donors (Lipinski definition) is 2. The predicted molar refractivity (Wildman–Crippen MR) is 90.2 cm³/mol. The Morgan fingerprint density at radius 3 is 2.67 bits per heavy atom. The fourth-order valence-corrected chi connectivity index (χ4v) is 2.35. The highest BCUT2D eigenvalue weighted by molar-refractivity contribution is 6.35. The predicted octanol–water partition coefficient (Wildman–Crippen LogP) is 3.52. The van der Waals surface area contributed by atoms with Crippen LogP contribution in [-0.2, 0) is 4.79 Å². The third-order valence-electron chi connectivity index (χ3n) is 3.12. The zero-order chi connectivity index (χ0) is 17.5. The summed E-state index contributed by atoms with van der Waals surface area (Å²) in [6.45, 7) is 1.97. The highest BCUT2D eigenvalue weighted by atomic mass is 35.5. The lowest BCUT2D eigenvalue weighted by molar-refractivity contribution is -0.122. The molecule has 2 aromatic rings. The van der Waals surface area contributed by atoms with Crippen molar-refractivity contribution >= 4 is 35.0 Å². The number of halogens is 2. The van der Waals surface area contributed by atoms with Crippen molar-refractivity contribution in [2.75, 3.05) is 6.61 Å². The van der Waals surface area contributed by atoms with E-state index in [1.165, 1.54) is 12.3 Å². The molecule has 0 spiro atoms. The number of carbonyl (C=O) groups excluding carboxylic acids is 2. The minimum atomic E-state index is -0.432. The van der Waals surface area contributed by atoms with Crippen LogP contribution in [0, 0.1) is 6.92 Å². The van der Waals surface area contributed by atoms with E-state index in [2.05, 4.69) is 10.9 Å². The average molecular weight is 371 g/mol. The van der Waals surface area contributed by atoms with Crippen molar-refractivity contribution in [1.29, 1.82) is 0 Å². The molecule has 128 valence electrons. The summed E-state index contributed by atoms with van der Waals surface area (Å²) in [6, 6.07) is 6.44. The van der Waals surface area contributed by atoms with Crippen molar-refractivity contribution in [3.05, 3.63) is 51.9 Å². The maximum absolute atomic E-state index is 11.8. The number of nitrogens with one attached hydrogen (secondary N) is 2. The van der Waals surface area contributed by atoms with E-state index in [0.717, 1.165) is 0 Å². The maximum atomic E-state index is 11.8. The molecular formula is C16H16Cl2N2O4. The Labute approximate surface area is 149 Å². The second-order valence-electron chi connectivity index (χ2n) is 4.92.